The van der Waals surface area contributed by atoms with Crippen molar-refractivity contribution in [1.82, 2.24) is 10.6 Å². The second kappa shape index (κ2) is 15.5. The normalized spacial score (nSPS) is 12.4. The number of phenols is 1. The average Bonchev–Trinajstić information content (AvgIpc) is 3.03. The molecule has 0 fully saturated rings. The summed E-state index contributed by atoms with van der Waals surface area (Å²) in [6.45, 7) is 0.410. The van der Waals surface area contributed by atoms with Gasteiger partial charge in [0.1, 0.15) is 11.8 Å². The zero-order valence-corrected chi connectivity index (χ0v) is 24.2. The van der Waals surface area contributed by atoms with Crippen LogP contribution in [0.1, 0.15) is 46.1 Å². The second-order valence-corrected chi connectivity index (χ2v) is 10.3. The molecular weight excluding hydrogens is 554 g/mol. The standard InChI is InChI=1S/C34H37N7O3/c35-34(36)38-19-18-29(27-13-7-8-24(20-27)22-40-37)31(33(44)39-21-23-14-16-28(42)17-15-23)41-32(43)30(25-9-3-1-4-10-25)26-11-5-2-6-12-26/h1-17,20,22,29-31,42H,18-19,21,37H2,(H,39,44)(H,41,43)(H4,35,36,38)/t29-,31+/m0/s1. The van der Waals surface area contributed by atoms with Gasteiger partial charge in [0.05, 0.1) is 12.1 Å². The molecule has 2 atom stereocenters. The van der Waals surface area contributed by atoms with Crippen LogP contribution in [0.4, 0.5) is 0 Å². The van der Waals surface area contributed by atoms with Crippen molar-refractivity contribution in [3.63, 3.8) is 0 Å². The van der Waals surface area contributed by atoms with E-state index in [0.29, 0.717) is 6.42 Å². The van der Waals surface area contributed by atoms with Gasteiger partial charge in [-0.25, -0.2) is 0 Å². The molecule has 0 aliphatic rings. The number of hydrazone groups is 1. The lowest BCUT2D eigenvalue weighted by atomic mass is 9.85. The smallest absolute Gasteiger partial charge is 0.243 e. The molecule has 4 aromatic carbocycles. The largest absolute Gasteiger partial charge is 0.508 e. The third kappa shape index (κ3) is 8.68. The summed E-state index contributed by atoms with van der Waals surface area (Å²) in [5.41, 5.74) is 15.1. The van der Waals surface area contributed by atoms with Gasteiger partial charge in [-0.05, 0) is 52.4 Å². The average molecular weight is 592 g/mol. The van der Waals surface area contributed by atoms with Gasteiger partial charge in [0.25, 0.3) is 0 Å². The van der Waals surface area contributed by atoms with E-state index < -0.39 is 17.9 Å². The van der Waals surface area contributed by atoms with Crippen LogP contribution in [0, 0.1) is 0 Å². The zero-order valence-electron chi connectivity index (χ0n) is 24.2. The maximum atomic E-state index is 14.2. The summed E-state index contributed by atoms with van der Waals surface area (Å²) >= 11 is 0. The topological polar surface area (TPSA) is 181 Å². The molecule has 0 spiro atoms. The second-order valence-electron chi connectivity index (χ2n) is 10.3. The Labute approximate surface area is 256 Å². The third-order valence-electron chi connectivity index (χ3n) is 7.21. The van der Waals surface area contributed by atoms with Crippen LogP contribution >= 0.6 is 0 Å². The molecule has 0 saturated carbocycles. The first-order chi connectivity index (χ1) is 21.4. The van der Waals surface area contributed by atoms with E-state index in [4.69, 9.17) is 17.3 Å². The Balaban J connectivity index is 1.74. The lowest BCUT2D eigenvalue weighted by molar-refractivity contribution is -0.130. The van der Waals surface area contributed by atoms with Gasteiger partial charge in [-0.3, -0.25) is 14.6 Å². The summed E-state index contributed by atoms with van der Waals surface area (Å²) in [5.74, 6) is 3.54. The van der Waals surface area contributed by atoms with Crippen LogP contribution in [-0.4, -0.2) is 41.7 Å². The zero-order chi connectivity index (χ0) is 31.3. The minimum atomic E-state index is -1.01. The lowest BCUT2D eigenvalue weighted by Gasteiger charge is -2.30. The minimum absolute atomic E-state index is 0.0710. The van der Waals surface area contributed by atoms with Crippen molar-refractivity contribution >= 4 is 24.0 Å². The number of guanidine groups is 1. The number of carbonyl (C=O) groups is 2. The Hall–Kier alpha value is -5.64. The first kappa shape index (κ1) is 31.3. The van der Waals surface area contributed by atoms with Crippen molar-refractivity contribution in [2.75, 3.05) is 6.54 Å². The number of hydrogen-bond acceptors (Lipinski definition) is 6. The molecule has 0 unspecified atom stereocenters. The third-order valence-corrected chi connectivity index (χ3v) is 7.21. The molecule has 10 nitrogen and oxygen atoms in total. The van der Waals surface area contributed by atoms with Gasteiger partial charge in [-0.15, -0.1) is 0 Å². The van der Waals surface area contributed by atoms with Gasteiger partial charge in [0, 0.05) is 19.0 Å². The van der Waals surface area contributed by atoms with Gasteiger partial charge >= 0.3 is 0 Å². The van der Waals surface area contributed by atoms with Gasteiger partial charge in [0.2, 0.25) is 11.8 Å². The number of nitrogens with two attached hydrogens (primary N) is 3. The number of aliphatic imine (C=N–C) groups is 1. The van der Waals surface area contributed by atoms with Crippen LogP contribution < -0.4 is 27.9 Å². The fourth-order valence-electron chi connectivity index (χ4n) is 5.10. The SMILES string of the molecule is NN=Cc1cccc([C@H](CCN=C(N)N)[C@@H](NC(=O)C(c2ccccc2)c2ccccc2)C(=O)NCc2ccc(O)cc2)c1. The highest BCUT2D eigenvalue weighted by atomic mass is 16.3. The number of nitrogens with one attached hydrogen (secondary N) is 2. The first-order valence-corrected chi connectivity index (χ1v) is 14.2. The minimum Gasteiger partial charge on any atom is -0.508 e. The summed E-state index contributed by atoms with van der Waals surface area (Å²) < 4.78 is 0. The monoisotopic (exact) mass is 591 g/mol. The molecule has 0 aliphatic carbocycles. The Bertz CT molecular complexity index is 1530. The Kier molecular flexibility index (Phi) is 11.1. The van der Waals surface area contributed by atoms with E-state index in [1.165, 1.54) is 6.21 Å². The van der Waals surface area contributed by atoms with Crippen LogP contribution in [0.2, 0.25) is 0 Å². The van der Waals surface area contributed by atoms with E-state index in [9.17, 15) is 14.7 Å². The van der Waals surface area contributed by atoms with Crippen LogP contribution in [0.25, 0.3) is 0 Å². The molecule has 4 aromatic rings. The molecule has 0 saturated heterocycles. The highest BCUT2D eigenvalue weighted by molar-refractivity contribution is 5.93. The molecule has 44 heavy (non-hydrogen) atoms. The van der Waals surface area contributed by atoms with E-state index in [1.807, 2.05) is 84.9 Å². The van der Waals surface area contributed by atoms with Crippen molar-refractivity contribution in [1.29, 1.82) is 0 Å². The summed E-state index contributed by atoms with van der Waals surface area (Å²) in [6.07, 6.45) is 1.86. The van der Waals surface area contributed by atoms with Crippen LogP contribution in [0.5, 0.6) is 5.75 Å². The summed E-state index contributed by atoms with van der Waals surface area (Å²) in [5, 5.41) is 19.3. The van der Waals surface area contributed by atoms with Gasteiger partial charge in [-0.1, -0.05) is 91.0 Å². The maximum Gasteiger partial charge on any atom is 0.243 e. The molecule has 226 valence electrons. The molecule has 0 aliphatic heterocycles. The van der Waals surface area contributed by atoms with Gasteiger partial charge in [0.15, 0.2) is 5.96 Å². The Morgan fingerprint density at radius 1 is 0.795 bits per heavy atom. The van der Waals surface area contributed by atoms with Crippen LogP contribution in [0.15, 0.2) is 119 Å². The number of aromatic hydroxyl groups is 1. The molecule has 0 bridgehead atoms. The van der Waals surface area contributed by atoms with E-state index in [-0.39, 0.29) is 36.6 Å². The molecule has 0 aromatic heterocycles. The van der Waals surface area contributed by atoms with Crippen molar-refractivity contribution in [3.05, 3.63) is 137 Å². The van der Waals surface area contributed by atoms with Crippen molar-refractivity contribution < 1.29 is 14.7 Å². The summed E-state index contributed by atoms with van der Waals surface area (Å²) in [7, 11) is 0. The predicted octanol–water partition coefficient (Wildman–Crippen LogP) is 3.07. The van der Waals surface area contributed by atoms with E-state index in [2.05, 4.69) is 20.7 Å². The number of nitrogens with zero attached hydrogens (tertiary/aromatic N) is 2. The number of benzene rings is 4. The number of rotatable bonds is 13. The van der Waals surface area contributed by atoms with E-state index >= 15 is 0 Å². The van der Waals surface area contributed by atoms with E-state index in [0.717, 1.165) is 27.8 Å². The highest BCUT2D eigenvalue weighted by Gasteiger charge is 2.34. The number of amides is 2. The summed E-state index contributed by atoms with van der Waals surface area (Å²) in [4.78, 5) is 32.4. The molecule has 0 radical (unpaired) electrons. The Morgan fingerprint density at radius 2 is 1.41 bits per heavy atom. The molecular formula is C34H37N7O3. The molecule has 4 rings (SSSR count). The number of carbonyl (C=O) groups excluding carboxylic acids is 2. The fourth-order valence-corrected chi connectivity index (χ4v) is 5.10. The predicted molar refractivity (Wildman–Crippen MR) is 173 cm³/mol. The van der Waals surface area contributed by atoms with Crippen molar-refractivity contribution in [3.8, 4) is 5.75 Å². The maximum absolute atomic E-state index is 14.2. The number of phenolic OH excluding ortho intramolecular Hbond substituents is 1. The number of hydrogen-bond donors (Lipinski definition) is 6. The van der Waals surface area contributed by atoms with Gasteiger partial charge < -0.3 is 33.1 Å². The molecule has 9 N–H and O–H groups in total. The van der Waals surface area contributed by atoms with Crippen molar-refractivity contribution in [2.24, 2.45) is 27.4 Å². The molecule has 0 heterocycles. The van der Waals surface area contributed by atoms with Crippen molar-refractivity contribution in [2.45, 2.75) is 30.8 Å². The molecule has 10 heteroatoms. The van der Waals surface area contributed by atoms with E-state index in [1.54, 1.807) is 24.3 Å². The van der Waals surface area contributed by atoms with Gasteiger partial charge in [-0.2, -0.15) is 5.10 Å². The summed E-state index contributed by atoms with van der Waals surface area (Å²) in [6, 6.07) is 31.8. The lowest BCUT2D eigenvalue weighted by Crippen LogP contribution is -2.51. The highest BCUT2D eigenvalue weighted by Crippen LogP contribution is 2.29. The Morgan fingerprint density at radius 3 is 2.00 bits per heavy atom. The molecule has 2 amide bonds. The van der Waals surface area contributed by atoms with Crippen LogP contribution in [0.3, 0.4) is 0 Å². The fraction of sp³-hybridized carbons (Fsp3) is 0.176. The quantitative estimate of drug-likeness (QED) is 0.0601. The van der Waals surface area contributed by atoms with Crippen LogP contribution in [-0.2, 0) is 16.1 Å². The first-order valence-electron chi connectivity index (χ1n) is 14.2.